The number of carbonyl (C=O) groups excluding carboxylic acids is 1. The van der Waals surface area contributed by atoms with E-state index in [1.54, 1.807) is 18.0 Å². The van der Waals surface area contributed by atoms with E-state index in [1.807, 2.05) is 18.2 Å². The first-order chi connectivity index (χ1) is 10.1. The van der Waals surface area contributed by atoms with E-state index >= 15 is 0 Å². The molecule has 0 aromatic heterocycles. The molecule has 1 aliphatic heterocycles. The first-order valence-corrected chi connectivity index (χ1v) is 7.14. The topological polar surface area (TPSA) is 79.4 Å². The number of nitrogens with two attached hydrogens (primary N) is 1. The van der Waals surface area contributed by atoms with Crippen molar-refractivity contribution in [2.75, 3.05) is 26.8 Å². The third-order valence-electron chi connectivity index (χ3n) is 4.12. The average Bonchev–Trinajstić information content (AvgIpc) is 2.54. The van der Waals surface area contributed by atoms with Gasteiger partial charge >= 0.3 is 0 Å². The Kier molecular flexibility index (Phi) is 4.94. The Balaban J connectivity index is 2.09. The molecule has 0 unspecified atom stereocenters. The molecule has 1 saturated heterocycles. The van der Waals surface area contributed by atoms with Gasteiger partial charge in [0, 0.05) is 33.4 Å². The molecule has 1 aliphatic rings. The molecule has 2 rings (SSSR count). The molecule has 1 amide bonds. The van der Waals surface area contributed by atoms with E-state index < -0.39 is 5.41 Å². The lowest BCUT2D eigenvalue weighted by Crippen LogP contribution is -2.49. The van der Waals surface area contributed by atoms with Gasteiger partial charge in [-0.15, -0.1) is 0 Å². The van der Waals surface area contributed by atoms with Crippen LogP contribution >= 0.6 is 0 Å². The lowest BCUT2D eigenvalue weighted by atomic mass is 9.79. The van der Waals surface area contributed by atoms with Crippen molar-refractivity contribution in [2.45, 2.75) is 19.4 Å². The van der Waals surface area contributed by atoms with Crippen molar-refractivity contribution in [2.24, 2.45) is 11.1 Å². The molecule has 21 heavy (non-hydrogen) atoms. The van der Waals surface area contributed by atoms with Crippen LogP contribution in [0.5, 0.6) is 0 Å². The van der Waals surface area contributed by atoms with Crippen LogP contribution < -0.4 is 5.73 Å². The van der Waals surface area contributed by atoms with Crippen LogP contribution in [0, 0.1) is 16.7 Å². The largest absolute Gasteiger partial charge is 0.381 e. The minimum Gasteiger partial charge on any atom is -0.381 e. The average molecular weight is 287 g/mol. The highest BCUT2D eigenvalue weighted by Gasteiger charge is 2.40. The molecule has 1 aromatic carbocycles. The number of amides is 1. The monoisotopic (exact) mass is 287 g/mol. The predicted molar refractivity (Wildman–Crippen MR) is 79.2 cm³/mol. The molecule has 1 aromatic rings. The van der Waals surface area contributed by atoms with E-state index in [-0.39, 0.29) is 5.91 Å². The summed E-state index contributed by atoms with van der Waals surface area (Å²) in [6.07, 6.45) is 1.34. The number of ether oxygens (including phenoxy) is 1. The van der Waals surface area contributed by atoms with Crippen LogP contribution in [0.3, 0.4) is 0 Å². The summed E-state index contributed by atoms with van der Waals surface area (Å²) < 4.78 is 5.34. The maximum atomic E-state index is 12.7. The van der Waals surface area contributed by atoms with Crippen molar-refractivity contribution in [3.05, 3.63) is 35.4 Å². The molecule has 0 saturated carbocycles. The minimum absolute atomic E-state index is 0.0654. The van der Waals surface area contributed by atoms with Gasteiger partial charge in [0.1, 0.15) is 0 Å². The SMILES string of the molecule is CN(Cc1cccc(C#N)c1)C(=O)C1(CN)CCOCC1. The van der Waals surface area contributed by atoms with E-state index in [1.165, 1.54) is 0 Å². The quantitative estimate of drug-likeness (QED) is 0.904. The van der Waals surface area contributed by atoms with E-state index in [4.69, 9.17) is 15.7 Å². The molecule has 112 valence electrons. The molecule has 5 heteroatoms. The maximum absolute atomic E-state index is 12.7. The normalized spacial score (nSPS) is 17.0. The van der Waals surface area contributed by atoms with Crippen molar-refractivity contribution in [3.63, 3.8) is 0 Å². The first kappa shape index (κ1) is 15.5. The molecule has 2 N–H and O–H groups in total. The summed E-state index contributed by atoms with van der Waals surface area (Å²) in [4.78, 5) is 14.4. The smallest absolute Gasteiger partial charge is 0.230 e. The van der Waals surface area contributed by atoms with E-state index in [2.05, 4.69) is 6.07 Å². The summed E-state index contributed by atoms with van der Waals surface area (Å²) in [5, 5.41) is 8.93. The zero-order valence-electron chi connectivity index (χ0n) is 12.3. The van der Waals surface area contributed by atoms with E-state index in [0.717, 1.165) is 5.56 Å². The predicted octanol–water partition coefficient (Wildman–Crippen LogP) is 1.27. The highest BCUT2D eigenvalue weighted by atomic mass is 16.5. The zero-order valence-corrected chi connectivity index (χ0v) is 12.3. The molecular formula is C16H21N3O2. The molecule has 0 bridgehead atoms. The minimum atomic E-state index is -0.500. The standard InChI is InChI=1S/C16H21N3O2/c1-19(11-14-4-2-3-13(9-14)10-17)15(20)16(12-18)5-7-21-8-6-16/h2-4,9H,5-8,11-12,18H2,1H3. The van der Waals surface area contributed by atoms with Gasteiger partial charge in [0.15, 0.2) is 0 Å². The van der Waals surface area contributed by atoms with Crippen molar-refractivity contribution in [1.29, 1.82) is 5.26 Å². The molecule has 0 spiro atoms. The fourth-order valence-electron chi connectivity index (χ4n) is 2.76. The van der Waals surface area contributed by atoms with Crippen LogP contribution in [-0.2, 0) is 16.1 Å². The van der Waals surface area contributed by atoms with Crippen molar-refractivity contribution >= 4 is 5.91 Å². The second-order valence-corrected chi connectivity index (χ2v) is 5.57. The Morgan fingerprint density at radius 2 is 2.19 bits per heavy atom. The number of rotatable bonds is 4. The highest BCUT2D eigenvalue weighted by molar-refractivity contribution is 5.83. The van der Waals surface area contributed by atoms with Gasteiger partial charge in [0.05, 0.1) is 17.0 Å². The van der Waals surface area contributed by atoms with E-state index in [0.29, 0.717) is 44.7 Å². The fourth-order valence-corrected chi connectivity index (χ4v) is 2.76. The summed E-state index contributed by atoms with van der Waals surface area (Å²) in [7, 11) is 1.79. The van der Waals surface area contributed by atoms with Gasteiger partial charge in [-0.05, 0) is 30.5 Å². The zero-order chi connectivity index (χ0) is 15.3. The van der Waals surface area contributed by atoms with Gasteiger partial charge in [-0.25, -0.2) is 0 Å². The number of carbonyl (C=O) groups is 1. The van der Waals surface area contributed by atoms with Gasteiger partial charge in [-0.2, -0.15) is 5.26 Å². The van der Waals surface area contributed by atoms with Gasteiger partial charge in [-0.1, -0.05) is 12.1 Å². The Morgan fingerprint density at radius 1 is 1.48 bits per heavy atom. The van der Waals surface area contributed by atoms with Crippen LogP contribution in [-0.4, -0.2) is 37.6 Å². The van der Waals surface area contributed by atoms with Crippen molar-refractivity contribution < 1.29 is 9.53 Å². The molecule has 1 fully saturated rings. The Hall–Kier alpha value is -1.90. The molecule has 1 heterocycles. The Labute approximate surface area is 125 Å². The molecule has 0 aliphatic carbocycles. The second-order valence-electron chi connectivity index (χ2n) is 5.57. The van der Waals surface area contributed by atoms with Gasteiger partial charge in [0.25, 0.3) is 0 Å². The molecule has 0 atom stereocenters. The molecule has 0 radical (unpaired) electrons. The molecular weight excluding hydrogens is 266 g/mol. The van der Waals surface area contributed by atoms with Crippen LogP contribution in [0.15, 0.2) is 24.3 Å². The maximum Gasteiger partial charge on any atom is 0.230 e. The third-order valence-corrected chi connectivity index (χ3v) is 4.12. The number of hydrogen-bond acceptors (Lipinski definition) is 4. The van der Waals surface area contributed by atoms with Crippen LogP contribution in [0.2, 0.25) is 0 Å². The lowest BCUT2D eigenvalue weighted by Gasteiger charge is -2.37. The summed E-state index contributed by atoms with van der Waals surface area (Å²) >= 11 is 0. The van der Waals surface area contributed by atoms with Crippen LogP contribution in [0.1, 0.15) is 24.0 Å². The summed E-state index contributed by atoms with van der Waals surface area (Å²) in [5.41, 5.74) is 6.92. The van der Waals surface area contributed by atoms with Gasteiger partial charge in [-0.3, -0.25) is 4.79 Å². The fraction of sp³-hybridized carbons (Fsp3) is 0.500. The van der Waals surface area contributed by atoms with Gasteiger partial charge < -0.3 is 15.4 Å². The third kappa shape index (κ3) is 3.41. The summed E-state index contributed by atoms with van der Waals surface area (Å²) in [6.45, 7) is 2.00. The Morgan fingerprint density at radius 3 is 2.81 bits per heavy atom. The summed E-state index contributed by atoms with van der Waals surface area (Å²) in [6, 6.07) is 9.43. The van der Waals surface area contributed by atoms with Crippen LogP contribution in [0.4, 0.5) is 0 Å². The number of nitriles is 1. The summed E-state index contributed by atoms with van der Waals surface area (Å²) in [5.74, 6) is 0.0654. The first-order valence-electron chi connectivity index (χ1n) is 7.14. The van der Waals surface area contributed by atoms with Crippen molar-refractivity contribution in [1.82, 2.24) is 4.90 Å². The number of nitrogens with zero attached hydrogens (tertiary/aromatic N) is 2. The second kappa shape index (κ2) is 6.70. The van der Waals surface area contributed by atoms with E-state index in [9.17, 15) is 4.79 Å². The lowest BCUT2D eigenvalue weighted by molar-refractivity contribution is -0.146. The number of benzene rings is 1. The Bertz CT molecular complexity index is 545. The number of hydrogen-bond donors (Lipinski definition) is 1. The molecule has 5 nitrogen and oxygen atoms in total. The highest BCUT2D eigenvalue weighted by Crippen LogP contribution is 2.31. The van der Waals surface area contributed by atoms with Crippen molar-refractivity contribution in [3.8, 4) is 6.07 Å². The van der Waals surface area contributed by atoms with Gasteiger partial charge in [0.2, 0.25) is 5.91 Å². The van der Waals surface area contributed by atoms with Crippen LogP contribution in [0.25, 0.3) is 0 Å².